The van der Waals surface area contributed by atoms with Crippen LogP contribution in [0.25, 0.3) is 0 Å². The average Bonchev–Trinajstić information content (AvgIpc) is 2.52. The molecule has 116 valence electrons. The van der Waals surface area contributed by atoms with Gasteiger partial charge in [-0.25, -0.2) is 4.39 Å². The first-order chi connectivity index (χ1) is 10.2. The van der Waals surface area contributed by atoms with Crippen LogP contribution in [0.2, 0.25) is 0 Å². The summed E-state index contributed by atoms with van der Waals surface area (Å²) in [5.74, 6) is 2.51. The van der Waals surface area contributed by atoms with Gasteiger partial charge in [-0.2, -0.15) is 11.8 Å². The van der Waals surface area contributed by atoms with Gasteiger partial charge in [-0.05, 0) is 42.2 Å². The summed E-state index contributed by atoms with van der Waals surface area (Å²) >= 11 is 1.85. The molecule has 21 heavy (non-hydrogen) atoms. The second-order valence-electron chi connectivity index (χ2n) is 5.28. The molecule has 0 atom stereocenters. The molecule has 0 spiro atoms. The summed E-state index contributed by atoms with van der Waals surface area (Å²) in [6.07, 6.45) is 2.82. The van der Waals surface area contributed by atoms with Crippen LogP contribution in [0.4, 0.5) is 4.39 Å². The summed E-state index contributed by atoms with van der Waals surface area (Å²) in [5.41, 5.74) is 0.916. The number of thioether (sulfide) groups is 1. The fourth-order valence-electron chi connectivity index (χ4n) is 2.22. The molecular weight excluding hydrogens is 289 g/mol. The SMILES string of the molecule is O=C(CCSCC1CCOCC1)NCc1ccc(F)cc1. The topological polar surface area (TPSA) is 38.3 Å². The molecule has 2 rings (SSSR count). The standard InChI is InChI=1S/C16H22FNO2S/c17-15-3-1-13(2-4-15)11-18-16(19)7-10-21-12-14-5-8-20-9-6-14/h1-4,14H,5-12H2,(H,18,19). The normalized spacial score (nSPS) is 15.9. The molecule has 1 amide bonds. The molecule has 0 aromatic heterocycles. The van der Waals surface area contributed by atoms with Gasteiger partial charge in [-0.1, -0.05) is 12.1 Å². The maximum absolute atomic E-state index is 12.7. The number of ether oxygens (including phenoxy) is 1. The zero-order valence-electron chi connectivity index (χ0n) is 12.1. The summed E-state index contributed by atoms with van der Waals surface area (Å²) in [6.45, 7) is 2.22. The second kappa shape index (κ2) is 9.05. The van der Waals surface area contributed by atoms with Crippen molar-refractivity contribution in [1.82, 2.24) is 5.32 Å². The molecule has 1 aliphatic heterocycles. The highest BCUT2D eigenvalue weighted by Gasteiger charge is 2.13. The summed E-state index contributed by atoms with van der Waals surface area (Å²) in [4.78, 5) is 11.7. The number of amides is 1. The van der Waals surface area contributed by atoms with Gasteiger partial charge in [0.15, 0.2) is 0 Å². The molecule has 1 fully saturated rings. The van der Waals surface area contributed by atoms with Crippen molar-refractivity contribution in [3.63, 3.8) is 0 Å². The summed E-state index contributed by atoms with van der Waals surface area (Å²) in [6, 6.07) is 6.20. The van der Waals surface area contributed by atoms with Crippen LogP contribution in [0.1, 0.15) is 24.8 Å². The molecule has 3 nitrogen and oxygen atoms in total. The first kappa shape index (κ1) is 16.3. The Morgan fingerprint density at radius 3 is 2.71 bits per heavy atom. The summed E-state index contributed by atoms with van der Waals surface area (Å²) in [7, 11) is 0. The first-order valence-electron chi connectivity index (χ1n) is 7.40. The van der Waals surface area contributed by atoms with Gasteiger partial charge in [0.2, 0.25) is 5.91 Å². The van der Waals surface area contributed by atoms with Gasteiger partial charge in [0.05, 0.1) is 0 Å². The molecule has 1 aromatic carbocycles. The molecule has 0 unspecified atom stereocenters. The lowest BCUT2D eigenvalue weighted by Gasteiger charge is -2.21. The molecule has 1 heterocycles. The Labute approximate surface area is 129 Å². The van der Waals surface area contributed by atoms with Crippen LogP contribution in [-0.4, -0.2) is 30.6 Å². The highest BCUT2D eigenvalue weighted by molar-refractivity contribution is 7.99. The predicted molar refractivity (Wildman–Crippen MR) is 83.7 cm³/mol. The number of nitrogens with one attached hydrogen (secondary N) is 1. The Kier molecular flexibility index (Phi) is 7.03. The van der Waals surface area contributed by atoms with Gasteiger partial charge in [0.1, 0.15) is 5.82 Å². The lowest BCUT2D eigenvalue weighted by Crippen LogP contribution is -2.23. The summed E-state index contributed by atoms with van der Waals surface area (Å²) in [5, 5.41) is 2.86. The van der Waals surface area contributed by atoms with Crippen molar-refractivity contribution in [2.75, 3.05) is 24.7 Å². The van der Waals surface area contributed by atoms with Crippen LogP contribution >= 0.6 is 11.8 Å². The highest BCUT2D eigenvalue weighted by atomic mass is 32.2. The molecule has 1 saturated heterocycles. The number of halogens is 1. The van der Waals surface area contributed by atoms with E-state index < -0.39 is 0 Å². The van der Waals surface area contributed by atoms with E-state index in [9.17, 15) is 9.18 Å². The van der Waals surface area contributed by atoms with Crippen molar-refractivity contribution in [3.05, 3.63) is 35.6 Å². The number of hydrogen-bond acceptors (Lipinski definition) is 3. The largest absolute Gasteiger partial charge is 0.381 e. The highest BCUT2D eigenvalue weighted by Crippen LogP contribution is 2.20. The zero-order valence-corrected chi connectivity index (χ0v) is 13.0. The van der Waals surface area contributed by atoms with Crippen LogP contribution in [0.15, 0.2) is 24.3 Å². The first-order valence-corrected chi connectivity index (χ1v) is 8.56. The number of carbonyl (C=O) groups excluding carboxylic acids is 1. The maximum atomic E-state index is 12.7. The number of benzene rings is 1. The smallest absolute Gasteiger partial charge is 0.221 e. The van der Waals surface area contributed by atoms with Gasteiger partial charge in [-0.15, -0.1) is 0 Å². The van der Waals surface area contributed by atoms with E-state index in [4.69, 9.17) is 4.74 Å². The van der Waals surface area contributed by atoms with Gasteiger partial charge >= 0.3 is 0 Å². The number of carbonyl (C=O) groups is 1. The van der Waals surface area contributed by atoms with Crippen molar-refractivity contribution >= 4 is 17.7 Å². The molecule has 5 heteroatoms. The Bertz CT molecular complexity index is 432. The van der Waals surface area contributed by atoms with Crippen molar-refractivity contribution in [2.45, 2.75) is 25.8 Å². The average molecular weight is 311 g/mol. The molecule has 0 bridgehead atoms. The zero-order chi connectivity index (χ0) is 14.9. The van der Waals surface area contributed by atoms with Crippen LogP contribution < -0.4 is 5.32 Å². The van der Waals surface area contributed by atoms with Crippen LogP contribution in [0, 0.1) is 11.7 Å². The summed E-state index contributed by atoms with van der Waals surface area (Å²) < 4.78 is 18.1. The molecular formula is C16H22FNO2S. The van der Waals surface area contributed by atoms with Crippen LogP contribution in [-0.2, 0) is 16.1 Å². The fourth-order valence-corrected chi connectivity index (χ4v) is 3.38. The molecule has 1 N–H and O–H groups in total. The van der Waals surface area contributed by atoms with Crippen molar-refractivity contribution in [1.29, 1.82) is 0 Å². The second-order valence-corrected chi connectivity index (χ2v) is 6.43. The van der Waals surface area contributed by atoms with E-state index in [1.807, 2.05) is 11.8 Å². The fraction of sp³-hybridized carbons (Fsp3) is 0.562. The lowest BCUT2D eigenvalue weighted by atomic mass is 10.0. The van der Waals surface area contributed by atoms with E-state index in [1.165, 1.54) is 12.1 Å². The monoisotopic (exact) mass is 311 g/mol. The lowest BCUT2D eigenvalue weighted by molar-refractivity contribution is -0.120. The maximum Gasteiger partial charge on any atom is 0.221 e. The predicted octanol–water partition coefficient (Wildman–Crippen LogP) is 2.99. The van der Waals surface area contributed by atoms with Crippen molar-refractivity contribution in [2.24, 2.45) is 5.92 Å². The Hall–Kier alpha value is -1.07. The van der Waals surface area contributed by atoms with E-state index in [-0.39, 0.29) is 11.7 Å². The van der Waals surface area contributed by atoms with Gasteiger partial charge < -0.3 is 10.1 Å². The molecule has 0 radical (unpaired) electrons. The number of rotatable bonds is 7. The quantitative estimate of drug-likeness (QED) is 0.787. The van der Waals surface area contributed by atoms with E-state index in [0.717, 1.165) is 49.0 Å². The minimum Gasteiger partial charge on any atom is -0.381 e. The Morgan fingerprint density at radius 2 is 2.00 bits per heavy atom. The minimum atomic E-state index is -0.255. The van der Waals surface area contributed by atoms with Crippen LogP contribution in [0.3, 0.4) is 0 Å². The van der Waals surface area contributed by atoms with Gasteiger partial charge in [-0.3, -0.25) is 4.79 Å². The van der Waals surface area contributed by atoms with Crippen molar-refractivity contribution in [3.8, 4) is 0 Å². The number of hydrogen-bond donors (Lipinski definition) is 1. The Morgan fingerprint density at radius 1 is 1.29 bits per heavy atom. The van der Waals surface area contributed by atoms with Crippen LogP contribution in [0.5, 0.6) is 0 Å². The van der Waals surface area contributed by atoms with Gasteiger partial charge in [0.25, 0.3) is 0 Å². The minimum absolute atomic E-state index is 0.0544. The van der Waals surface area contributed by atoms with E-state index >= 15 is 0 Å². The van der Waals surface area contributed by atoms with E-state index in [1.54, 1.807) is 12.1 Å². The molecule has 1 aliphatic rings. The Balaban J connectivity index is 1.54. The molecule has 0 saturated carbocycles. The molecule has 0 aliphatic carbocycles. The third-order valence-corrected chi connectivity index (χ3v) is 4.77. The van der Waals surface area contributed by atoms with Crippen molar-refractivity contribution < 1.29 is 13.9 Å². The van der Waals surface area contributed by atoms with Gasteiger partial charge in [0, 0.05) is 31.9 Å². The molecule has 1 aromatic rings. The van der Waals surface area contributed by atoms with E-state index in [0.29, 0.717) is 13.0 Å². The van der Waals surface area contributed by atoms with E-state index in [2.05, 4.69) is 5.32 Å². The third kappa shape index (κ3) is 6.48. The third-order valence-electron chi connectivity index (χ3n) is 3.57.